The molecule has 1 fully saturated rings. The Morgan fingerprint density at radius 3 is 2.39 bits per heavy atom. The Bertz CT molecular complexity index is 1020. The number of anilines is 1. The van der Waals surface area contributed by atoms with Crippen molar-refractivity contribution in [3.8, 4) is 0 Å². The number of nitrogen functional groups attached to an aromatic ring is 1. The number of nitrogens with one attached hydrogen (secondary N) is 1. The van der Waals surface area contributed by atoms with Gasteiger partial charge < -0.3 is 11.1 Å². The first-order chi connectivity index (χ1) is 15.1. The van der Waals surface area contributed by atoms with E-state index >= 15 is 0 Å². The highest BCUT2D eigenvalue weighted by molar-refractivity contribution is 5.96. The zero-order chi connectivity index (χ0) is 21.7. The minimum absolute atomic E-state index is 0.105. The summed E-state index contributed by atoms with van der Waals surface area (Å²) >= 11 is 0. The van der Waals surface area contributed by atoms with Gasteiger partial charge in [0.05, 0.1) is 0 Å². The Morgan fingerprint density at radius 1 is 1.03 bits per heavy atom. The predicted octanol–water partition coefficient (Wildman–Crippen LogP) is 3.16. The number of rotatable bonds is 6. The summed E-state index contributed by atoms with van der Waals surface area (Å²) in [6, 6.07) is 17.0. The van der Waals surface area contributed by atoms with E-state index in [-0.39, 0.29) is 28.7 Å². The molecule has 160 valence electrons. The zero-order valence-corrected chi connectivity index (χ0v) is 17.3. The van der Waals surface area contributed by atoms with Gasteiger partial charge in [-0.15, -0.1) is 0 Å². The first-order valence-corrected chi connectivity index (χ1v) is 10.4. The van der Waals surface area contributed by atoms with Crippen LogP contribution in [0.4, 0.5) is 10.2 Å². The van der Waals surface area contributed by atoms with E-state index in [4.69, 9.17) is 5.73 Å². The second-order valence-corrected chi connectivity index (χ2v) is 8.02. The van der Waals surface area contributed by atoms with Gasteiger partial charge in [0.1, 0.15) is 5.82 Å². The van der Waals surface area contributed by atoms with Gasteiger partial charge in [0.15, 0.2) is 11.5 Å². The topological polar surface area (TPSA) is 84.1 Å². The van der Waals surface area contributed by atoms with Gasteiger partial charge in [0.25, 0.3) is 5.91 Å². The van der Waals surface area contributed by atoms with Crippen LogP contribution in [0.5, 0.6) is 0 Å². The molecule has 0 aliphatic carbocycles. The van der Waals surface area contributed by atoms with E-state index in [1.54, 1.807) is 0 Å². The Hall–Kier alpha value is -3.32. The smallest absolute Gasteiger partial charge is 0.273 e. The van der Waals surface area contributed by atoms with Crippen molar-refractivity contribution in [2.45, 2.75) is 24.8 Å². The third-order valence-electron chi connectivity index (χ3n) is 6.05. The molecule has 31 heavy (non-hydrogen) atoms. The highest BCUT2D eigenvalue weighted by atomic mass is 19.1. The summed E-state index contributed by atoms with van der Waals surface area (Å²) in [5, 5.41) is 2.99. The van der Waals surface area contributed by atoms with Gasteiger partial charge in [-0.1, -0.05) is 42.5 Å². The second-order valence-electron chi connectivity index (χ2n) is 8.02. The fraction of sp³-hybridized carbons (Fsp3) is 0.292. The van der Waals surface area contributed by atoms with E-state index in [1.807, 2.05) is 18.2 Å². The van der Waals surface area contributed by atoms with E-state index in [0.29, 0.717) is 6.54 Å². The maximum Gasteiger partial charge on any atom is 0.273 e. The minimum atomic E-state index is -0.348. The molecule has 1 aromatic heterocycles. The van der Waals surface area contributed by atoms with Gasteiger partial charge in [0, 0.05) is 30.9 Å². The van der Waals surface area contributed by atoms with Crippen molar-refractivity contribution in [1.82, 2.24) is 20.2 Å². The zero-order valence-electron chi connectivity index (χ0n) is 17.3. The molecule has 2 aromatic carbocycles. The number of nitrogens with two attached hydrogens (primary N) is 1. The molecule has 0 radical (unpaired) electrons. The maximum atomic E-state index is 13.6. The Morgan fingerprint density at radius 2 is 1.71 bits per heavy atom. The number of likely N-dealkylation sites (tertiary alicyclic amines) is 1. The lowest BCUT2D eigenvalue weighted by molar-refractivity contribution is 0.0915. The molecular formula is C24H26FN5O. The molecule has 0 unspecified atom stereocenters. The number of aromatic nitrogens is 2. The molecule has 0 saturated carbocycles. The number of piperidine rings is 1. The number of carbonyl (C=O) groups excluding carboxylic acids is 1. The van der Waals surface area contributed by atoms with E-state index < -0.39 is 0 Å². The van der Waals surface area contributed by atoms with Crippen molar-refractivity contribution >= 4 is 11.7 Å². The first-order valence-electron chi connectivity index (χ1n) is 10.4. The molecule has 0 atom stereocenters. The number of halogens is 1. The molecule has 3 aromatic rings. The highest BCUT2D eigenvalue weighted by Gasteiger charge is 2.37. The average molecular weight is 420 g/mol. The Kier molecular flexibility index (Phi) is 6.23. The second kappa shape index (κ2) is 9.22. The van der Waals surface area contributed by atoms with Crippen LogP contribution >= 0.6 is 0 Å². The van der Waals surface area contributed by atoms with Crippen LogP contribution in [0.25, 0.3) is 0 Å². The van der Waals surface area contributed by atoms with Crippen LogP contribution in [-0.2, 0) is 12.0 Å². The summed E-state index contributed by atoms with van der Waals surface area (Å²) in [5.74, 6) is -0.510. The van der Waals surface area contributed by atoms with Crippen molar-refractivity contribution < 1.29 is 9.18 Å². The number of hydrogen-bond donors (Lipinski definition) is 2. The lowest BCUT2D eigenvalue weighted by atomic mass is 9.72. The van der Waals surface area contributed by atoms with E-state index in [0.717, 1.165) is 38.0 Å². The highest BCUT2D eigenvalue weighted by Crippen LogP contribution is 2.36. The molecule has 0 spiro atoms. The molecule has 1 saturated heterocycles. The van der Waals surface area contributed by atoms with Gasteiger partial charge >= 0.3 is 0 Å². The van der Waals surface area contributed by atoms with Crippen LogP contribution < -0.4 is 11.1 Å². The largest absolute Gasteiger partial charge is 0.382 e. The van der Waals surface area contributed by atoms with Gasteiger partial charge in [-0.2, -0.15) is 0 Å². The van der Waals surface area contributed by atoms with E-state index in [1.165, 1.54) is 30.1 Å². The lowest BCUT2D eigenvalue weighted by Crippen LogP contribution is -2.49. The summed E-state index contributed by atoms with van der Waals surface area (Å²) in [5.41, 5.74) is 7.95. The summed E-state index contributed by atoms with van der Waals surface area (Å²) in [6.07, 6.45) is 4.60. The molecule has 0 bridgehead atoms. The van der Waals surface area contributed by atoms with Gasteiger partial charge in [0.2, 0.25) is 0 Å². The first kappa shape index (κ1) is 20.9. The molecule has 4 rings (SSSR count). The van der Waals surface area contributed by atoms with Gasteiger partial charge in [-0.3, -0.25) is 9.69 Å². The fourth-order valence-electron chi connectivity index (χ4n) is 4.21. The number of benzene rings is 2. The molecule has 1 aliphatic heterocycles. The van der Waals surface area contributed by atoms with Crippen LogP contribution in [0.2, 0.25) is 0 Å². The molecule has 1 amide bonds. The molecule has 1 aliphatic rings. The average Bonchev–Trinajstić information content (AvgIpc) is 2.80. The van der Waals surface area contributed by atoms with E-state index in [2.05, 4.69) is 44.5 Å². The number of carbonyl (C=O) groups is 1. The van der Waals surface area contributed by atoms with Crippen molar-refractivity contribution in [2.24, 2.45) is 0 Å². The molecule has 3 N–H and O–H groups in total. The molecular weight excluding hydrogens is 393 g/mol. The minimum Gasteiger partial charge on any atom is -0.382 e. The lowest BCUT2D eigenvalue weighted by Gasteiger charge is -2.42. The third kappa shape index (κ3) is 4.88. The Labute approximate surface area is 181 Å². The predicted molar refractivity (Wildman–Crippen MR) is 118 cm³/mol. The standard InChI is InChI=1S/C24H26FN5O/c25-20-8-6-19(7-9-20)24(17-29-23(31)21-22(26)28-13-12-27-21)10-14-30(15-11-24)16-18-4-2-1-3-5-18/h1-9,12-13H,10-11,14-17H2,(H2,26,28)(H,29,31). The summed E-state index contributed by atoms with van der Waals surface area (Å²) < 4.78 is 13.6. The summed E-state index contributed by atoms with van der Waals surface area (Å²) in [6.45, 7) is 3.08. The number of amides is 1. The van der Waals surface area contributed by atoms with Crippen molar-refractivity contribution in [1.29, 1.82) is 0 Å². The fourth-order valence-corrected chi connectivity index (χ4v) is 4.21. The molecule has 2 heterocycles. The quantitative estimate of drug-likeness (QED) is 0.641. The molecule has 6 nitrogen and oxygen atoms in total. The Balaban J connectivity index is 1.49. The van der Waals surface area contributed by atoms with Crippen molar-refractivity contribution in [2.75, 3.05) is 25.4 Å². The molecule has 7 heteroatoms. The van der Waals surface area contributed by atoms with Crippen molar-refractivity contribution in [3.63, 3.8) is 0 Å². The number of nitrogens with zero attached hydrogens (tertiary/aromatic N) is 3. The number of hydrogen-bond acceptors (Lipinski definition) is 5. The van der Waals surface area contributed by atoms with Gasteiger partial charge in [-0.25, -0.2) is 14.4 Å². The monoisotopic (exact) mass is 419 g/mol. The van der Waals surface area contributed by atoms with Crippen LogP contribution in [0.1, 0.15) is 34.5 Å². The van der Waals surface area contributed by atoms with Crippen LogP contribution in [0, 0.1) is 5.82 Å². The van der Waals surface area contributed by atoms with Crippen molar-refractivity contribution in [3.05, 3.63) is 89.6 Å². The van der Waals surface area contributed by atoms with Crippen LogP contribution in [0.15, 0.2) is 67.0 Å². The normalized spacial score (nSPS) is 16.0. The third-order valence-corrected chi connectivity index (χ3v) is 6.05. The van der Waals surface area contributed by atoms with E-state index in [9.17, 15) is 9.18 Å². The van der Waals surface area contributed by atoms with Crippen LogP contribution in [0.3, 0.4) is 0 Å². The summed E-state index contributed by atoms with van der Waals surface area (Å²) in [7, 11) is 0. The maximum absolute atomic E-state index is 13.6. The summed E-state index contributed by atoms with van der Waals surface area (Å²) in [4.78, 5) is 23.1. The van der Waals surface area contributed by atoms with Gasteiger partial charge in [-0.05, 0) is 49.2 Å². The van der Waals surface area contributed by atoms with Crippen LogP contribution in [-0.4, -0.2) is 40.4 Å². The SMILES string of the molecule is Nc1nccnc1C(=O)NCC1(c2ccc(F)cc2)CCN(Cc2ccccc2)CC1.